The maximum Gasteiger partial charge on any atom is 0.158 e. The molecule has 1 aliphatic rings. The third-order valence-corrected chi connectivity index (χ3v) is 7.83. The molecule has 0 saturated heterocycles. The van der Waals surface area contributed by atoms with Gasteiger partial charge < -0.3 is 20.9 Å². The number of anilines is 1. The minimum absolute atomic E-state index is 0.106. The third-order valence-electron chi connectivity index (χ3n) is 5.42. The van der Waals surface area contributed by atoms with Gasteiger partial charge in [-0.3, -0.25) is 5.41 Å². The number of para-hydroxylation sites is 1. The van der Waals surface area contributed by atoms with Crippen molar-refractivity contribution < 1.29 is 9.47 Å². The molecule has 190 valence electrons. The fourth-order valence-corrected chi connectivity index (χ4v) is 5.75. The van der Waals surface area contributed by atoms with Crippen LogP contribution in [0.15, 0.2) is 43.9 Å². The van der Waals surface area contributed by atoms with E-state index in [4.69, 9.17) is 26.4 Å². The molecule has 0 aliphatic carbocycles. The molecular formula is C27H38N4O2S2. The number of rotatable bonds is 12. The van der Waals surface area contributed by atoms with E-state index in [0.717, 1.165) is 27.5 Å². The largest absolute Gasteiger partial charge is 0.492 e. The number of nitrogens with one attached hydrogen (secondary N) is 1. The molecule has 1 heterocycles. The molecule has 0 bridgehead atoms. The summed E-state index contributed by atoms with van der Waals surface area (Å²) in [5, 5.41) is 8.94. The molecule has 0 aromatic heterocycles. The van der Waals surface area contributed by atoms with Gasteiger partial charge in [0.1, 0.15) is 17.3 Å². The zero-order valence-corrected chi connectivity index (χ0v) is 23.2. The van der Waals surface area contributed by atoms with Crippen LogP contribution in [-0.2, 0) is 0 Å². The lowest BCUT2D eigenvalue weighted by atomic mass is 10.0. The summed E-state index contributed by atoms with van der Waals surface area (Å²) in [6, 6.07) is 7.80. The van der Waals surface area contributed by atoms with Gasteiger partial charge in [-0.15, -0.1) is 11.8 Å². The van der Waals surface area contributed by atoms with Gasteiger partial charge in [-0.25, -0.2) is 4.99 Å². The number of aliphatic imine (C=N–C) groups is 1. The molecule has 0 amide bonds. The summed E-state index contributed by atoms with van der Waals surface area (Å²) in [5.74, 6) is 2.74. The van der Waals surface area contributed by atoms with E-state index in [-0.39, 0.29) is 11.1 Å². The molecule has 2 aromatic rings. The van der Waals surface area contributed by atoms with E-state index >= 15 is 0 Å². The van der Waals surface area contributed by atoms with Gasteiger partial charge in [-0.2, -0.15) is 0 Å². The lowest BCUT2D eigenvalue weighted by Crippen LogP contribution is -2.16. The molecule has 8 heteroatoms. The fourth-order valence-electron chi connectivity index (χ4n) is 3.55. The molecule has 0 fully saturated rings. The molecule has 3 rings (SSSR count). The minimum atomic E-state index is 0.106. The molecule has 5 N–H and O–H groups in total. The van der Waals surface area contributed by atoms with Crippen molar-refractivity contribution in [2.24, 2.45) is 22.6 Å². The van der Waals surface area contributed by atoms with Crippen molar-refractivity contribution in [1.82, 2.24) is 0 Å². The van der Waals surface area contributed by atoms with Crippen molar-refractivity contribution >= 4 is 40.9 Å². The summed E-state index contributed by atoms with van der Waals surface area (Å²) in [5.41, 5.74) is 14.7. The first-order valence-corrected chi connectivity index (χ1v) is 13.9. The first kappa shape index (κ1) is 27.3. The summed E-state index contributed by atoms with van der Waals surface area (Å²) in [6.07, 6.45) is 1.81. The van der Waals surface area contributed by atoms with Crippen LogP contribution in [0.25, 0.3) is 0 Å². The van der Waals surface area contributed by atoms with Crippen molar-refractivity contribution in [2.45, 2.75) is 74.3 Å². The van der Waals surface area contributed by atoms with E-state index in [1.165, 1.54) is 0 Å². The number of nitrogens with two attached hydrogens (primary N) is 2. The summed E-state index contributed by atoms with van der Waals surface area (Å²) >= 11 is 3.26. The first-order valence-electron chi connectivity index (χ1n) is 12.2. The highest BCUT2D eigenvalue weighted by molar-refractivity contribution is 8.02. The SMILES string of the molecule is CC(C)CCOc1c(Sc2ccccc2N)c(SC(C)C)c(OCCC(C)C)c2c1C(=N)N=C2N. The Bertz CT molecular complexity index is 1100. The maximum atomic E-state index is 8.65. The second-order valence-corrected chi connectivity index (χ2v) is 12.4. The zero-order chi connectivity index (χ0) is 25.7. The molecular weight excluding hydrogens is 476 g/mol. The van der Waals surface area contributed by atoms with Gasteiger partial charge in [-0.1, -0.05) is 65.4 Å². The predicted octanol–water partition coefficient (Wildman–Crippen LogP) is 6.81. The normalized spacial score (nSPS) is 13.1. The fraction of sp³-hybridized carbons (Fsp3) is 0.481. The highest BCUT2D eigenvalue weighted by Crippen LogP contribution is 2.53. The Kier molecular flexibility index (Phi) is 9.41. The molecule has 0 saturated carbocycles. The molecule has 0 atom stereocenters. The van der Waals surface area contributed by atoms with Gasteiger partial charge >= 0.3 is 0 Å². The Balaban J connectivity index is 2.25. The van der Waals surface area contributed by atoms with E-state index in [1.54, 1.807) is 23.5 Å². The van der Waals surface area contributed by atoms with Gasteiger partial charge in [0.25, 0.3) is 0 Å². The Morgan fingerprint density at radius 2 is 1.43 bits per heavy atom. The van der Waals surface area contributed by atoms with Crippen molar-refractivity contribution in [1.29, 1.82) is 5.41 Å². The smallest absolute Gasteiger partial charge is 0.158 e. The van der Waals surface area contributed by atoms with Gasteiger partial charge in [0.2, 0.25) is 0 Å². The molecule has 2 aromatic carbocycles. The number of ether oxygens (including phenoxy) is 2. The molecule has 0 radical (unpaired) electrons. The van der Waals surface area contributed by atoms with Crippen LogP contribution >= 0.6 is 23.5 Å². The number of hydrogen-bond donors (Lipinski definition) is 3. The second-order valence-electron chi connectivity index (χ2n) is 9.78. The van der Waals surface area contributed by atoms with Crippen molar-refractivity contribution in [3.05, 3.63) is 35.4 Å². The average molecular weight is 515 g/mol. The standard InChI is InChI=1S/C27H38N4O2S2/c1-15(2)11-13-32-22-20-21(27(30)31-26(20)29)23(33-14-12-16(3)4)25(24(22)34-17(5)6)35-19-10-8-7-9-18(19)28/h7-10,15-17H,11-14,28H2,1-6H3,(H3,29,30,31). The van der Waals surface area contributed by atoms with Gasteiger partial charge in [0.15, 0.2) is 5.84 Å². The van der Waals surface area contributed by atoms with E-state index in [0.29, 0.717) is 59.2 Å². The van der Waals surface area contributed by atoms with Crippen LogP contribution in [0.4, 0.5) is 5.69 Å². The topological polar surface area (TPSA) is 107 Å². The number of thioether (sulfide) groups is 1. The van der Waals surface area contributed by atoms with Crippen LogP contribution in [0.3, 0.4) is 0 Å². The summed E-state index contributed by atoms with van der Waals surface area (Å²) in [7, 11) is 0. The van der Waals surface area contributed by atoms with Crippen molar-refractivity contribution in [3.63, 3.8) is 0 Å². The average Bonchev–Trinajstić information content (AvgIpc) is 3.06. The highest BCUT2D eigenvalue weighted by Gasteiger charge is 2.35. The van der Waals surface area contributed by atoms with Crippen molar-refractivity contribution in [3.8, 4) is 11.5 Å². The van der Waals surface area contributed by atoms with Gasteiger partial charge in [0, 0.05) is 15.8 Å². The summed E-state index contributed by atoms with van der Waals surface area (Å²) in [6.45, 7) is 14.1. The highest BCUT2D eigenvalue weighted by atomic mass is 32.2. The summed E-state index contributed by atoms with van der Waals surface area (Å²) < 4.78 is 12.9. The number of nitrogen functional groups attached to an aromatic ring is 1. The van der Waals surface area contributed by atoms with Crippen LogP contribution in [0.5, 0.6) is 11.5 Å². The van der Waals surface area contributed by atoms with Crippen LogP contribution < -0.4 is 20.9 Å². The molecule has 35 heavy (non-hydrogen) atoms. The van der Waals surface area contributed by atoms with E-state index < -0.39 is 0 Å². The first-order chi connectivity index (χ1) is 16.6. The number of nitrogens with zero attached hydrogens (tertiary/aromatic N) is 1. The Hall–Kier alpha value is -2.32. The van der Waals surface area contributed by atoms with E-state index in [9.17, 15) is 0 Å². The van der Waals surface area contributed by atoms with E-state index in [2.05, 4.69) is 46.5 Å². The van der Waals surface area contributed by atoms with Crippen LogP contribution in [0.2, 0.25) is 0 Å². The minimum Gasteiger partial charge on any atom is -0.492 e. The molecule has 6 nitrogen and oxygen atoms in total. The number of hydrogen-bond acceptors (Lipinski definition) is 7. The summed E-state index contributed by atoms with van der Waals surface area (Å²) in [4.78, 5) is 7.12. The molecule has 0 spiro atoms. The Labute approximate surface area is 218 Å². The maximum absolute atomic E-state index is 8.65. The monoisotopic (exact) mass is 514 g/mol. The van der Waals surface area contributed by atoms with E-state index in [1.807, 2.05) is 24.3 Å². The molecule has 1 aliphatic heterocycles. The number of fused-ring (bicyclic) bond motifs is 1. The Morgan fingerprint density at radius 1 is 0.857 bits per heavy atom. The Morgan fingerprint density at radius 3 is 1.97 bits per heavy atom. The van der Waals surface area contributed by atoms with Crippen LogP contribution in [-0.4, -0.2) is 30.1 Å². The zero-order valence-electron chi connectivity index (χ0n) is 21.6. The number of amidine groups is 2. The number of benzene rings is 2. The van der Waals surface area contributed by atoms with Crippen molar-refractivity contribution in [2.75, 3.05) is 18.9 Å². The quantitative estimate of drug-likeness (QED) is 0.212. The molecule has 0 unspecified atom stereocenters. The van der Waals surface area contributed by atoms with Gasteiger partial charge in [-0.05, 0) is 36.8 Å². The second kappa shape index (κ2) is 12.1. The predicted molar refractivity (Wildman–Crippen MR) is 150 cm³/mol. The van der Waals surface area contributed by atoms with Crippen LogP contribution in [0.1, 0.15) is 65.5 Å². The van der Waals surface area contributed by atoms with Gasteiger partial charge in [0.05, 0.1) is 34.1 Å². The third kappa shape index (κ3) is 6.67. The lowest BCUT2D eigenvalue weighted by molar-refractivity contribution is 0.270. The van der Waals surface area contributed by atoms with Crippen LogP contribution in [0, 0.1) is 17.2 Å². The lowest BCUT2D eigenvalue weighted by Gasteiger charge is -2.24.